The second-order valence-electron chi connectivity index (χ2n) is 17.1. The molecule has 1 aliphatic heterocycles. The second kappa shape index (κ2) is 11.6. The molecule has 0 aromatic rings. The summed E-state index contributed by atoms with van der Waals surface area (Å²) in [6.45, 7) is 22.0. The van der Waals surface area contributed by atoms with Crippen molar-refractivity contribution in [1.29, 1.82) is 5.26 Å². The van der Waals surface area contributed by atoms with Crippen molar-refractivity contribution in [2.75, 3.05) is 13.1 Å². The first kappa shape index (κ1) is 33.7. The number of likely N-dealkylation sites (tertiary alicyclic amines) is 1. The Labute approximate surface area is 261 Å². The standard InChI is InChI=1S/C38H58N2O3/c1-10-14-33(2,3)17-18-35(6,15-13-31(42)40-21-11-22-40)19-20-36(7)25-28(41)23-30-37(8)24-27(26-39)32(43)34(4,5)29(37)12-16-38(30,36)9/h23-24,29H,10-22,25H2,1-9H3/t29-,35-,36+,37-,38+/m0/s1. The van der Waals surface area contributed by atoms with Crippen molar-refractivity contribution in [2.24, 2.45) is 38.4 Å². The van der Waals surface area contributed by atoms with E-state index in [0.717, 1.165) is 70.0 Å². The molecule has 5 nitrogen and oxygen atoms in total. The Bertz CT molecular complexity index is 1250. The Morgan fingerprint density at radius 1 is 1.02 bits per heavy atom. The molecule has 43 heavy (non-hydrogen) atoms. The predicted octanol–water partition coefficient (Wildman–Crippen LogP) is 8.78. The molecule has 5 atom stereocenters. The fourth-order valence-electron chi connectivity index (χ4n) is 9.52. The average Bonchev–Trinajstić information content (AvgIpc) is 2.88. The smallest absolute Gasteiger partial charge is 0.222 e. The number of Topliss-reactive ketones (excluding diaryl/α,β-unsaturated/α-hetero) is 1. The minimum Gasteiger partial charge on any atom is -0.343 e. The van der Waals surface area contributed by atoms with Gasteiger partial charge in [-0.3, -0.25) is 14.4 Å². The largest absolute Gasteiger partial charge is 0.343 e. The molecule has 4 aliphatic rings. The van der Waals surface area contributed by atoms with Crippen molar-refractivity contribution in [1.82, 2.24) is 4.90 Å². The number of nitrogens with zero attached hydrogens (tertiary/aromatic N) is 2. The molecule has 5 heteroatoms. The molecule has 0 bridgehead atoms. The van der Waals surface area contributed by atoms with E-state index in [2.05, 4.69) is 54.5 Å². The van der Waals surface area contributed by atoms with Gasteiger partial charge in [-0.25, -0.2) is 0 Å². The van der Waals surface area contributed by atoms with Crippen LogP contribution in [0.3, 0.4) is 0 Å². The number of fused-ring (bicyclic) bond motifs is 3. The Kier molecular flexibility index (Phi) is 9.09. The molecule has 4 rings (SSSR count). The van der Waals surface area contributed by atoms with Crippen LogP contribution in [0.1, 0.15) is 139 Å². The lowest BCUT2D eigenvalue weighted by Gasteiger charge is -2.63. The van der Waals surface area contributed by atoms with Crippen LogP contribution < -0.4 is 0 Å². The molecule has 0 radical (unpaired) electrons. The third-order valence-corrected chi connectivity index (χ3v) is 13.1. The topological polar surface area (TPSA) is 78.2 Å². The summed E-state index contributed by atoms with van der Waals surface area (Å²) in [5.74, 6) is 0.443. The molecule has 238 valence electrons. The van der Waals surface area contributed by atoms with Gasteiger partial charge in [0.1, 0.15) is 6.07 Å². The molecule has 1 saturated heterocycles. The highest BCUT2D eigenvalue weighted by Gasteiger charge is 2.63. The number of carbonyl (C=O) groups is 3. The van der Waals surface area contributed by atoms with Gasteiger partial charge in [0, 0.05) is 36.8 Å². The molecule has 0 N–H and O–H groups in total. The molecule has 0 spiro atoms. The highest BCUT2D eigenvalue weighted by Crippen LogP contribution is 2.69. The number of carbonyl (C=O) groups excluding carboxylic acids is 3. The molecule has 0 unspecified atom stereocenters. The maximum absolute atomic E-state index is 13.6. The lowest BCUT2D eigenvalue weighted by molar-refractivity contribution is -0.135. The van der Waals surface area contributed by atoms with Gasteiger partial charge in [0.15, 0.2) is 11.6 Å². The number of amides is 1. The third-order valence-electron chi connectivity index (χ3n) is 13.1. The van der Waals surface area contributed by atoms with Crippen LogP contribution in [-0.2, 0) is 14.4 Å². The zero-order valence-electron chi connectivity index (χ0n) is 28.8. The monoisotopic (exact) mass is 590 g/mol. The van der Waals surface area contributed by atoms with E-state index in [1.165, 1.54) is 12.8 Å². The van der Waals surface area contributed by atoms with Crippen LogP contribution in [0.4, 0.5) is 0 Å². The summed E-state index contributed by atoms with van der Waals surface area (Å²) in [5, 5.41) is 9.92. The minimum absolute atomic E-state index is 0.0174. The van der Waals surface area contributed by atoms with Gasteiger partial charge < -0.3 is 4.90 Å². The molecule has 1 amide bonds. The number of nitriles is 1. The normalized spacial score (nSPS) is 33.3. The minimum atomic E-state index is -0.652. The number of rotatable bonds is 11. The molecule has 1 saturated carbocycles. The van der Waals surface area contributed by atoms with Crippen molar-refractivity contribution >= 4 is 17.5 Å². The zero-order valence-corrected chi connectivity index (χ0v) is 28.8. The highest BCUT2D eigenvalue weighted by molar-refractivity contribution is 6.04. The zero-order chi connectivity index (χ0) is 32.1. The van der Waals surface area contributed by atoms with E-state index in [4.69, 9.17) is 0 Å². The van der Waals surface area contributed by atoms with Gasteiger partial charge in [-0.05, 0) is 91.4 Å². The summed E-state index contributed by atoms with van der Waals surface area (Å²) >= 11 is 0. The van der Waals surface area contributed by atoms with Gasteiger partial charge >= 0.3 is 0 Å². The maximum Gasteiger partial charge on any atom is 0.222 e. The lowest BCUT2D eigenvalue weighted by Crippen LogP contribution is -2.57. The SMILES string of the molecule is CCCC(C)(C)CC[C@](C)(CCC(=O)N1CCC1)CC[C@]1(C)CC(=O)C=C2[C@@]3(C)C=C(C#N)C(=O)C(C)(C)[C@@H]3CC[C@]21C. The van der Waals surface area contributed by atoms with Gasteiger partial charge in [0.25, 0.3) is 0 Å². The fraction of sp³-hybridized carbons (Fsp3) is 0.789. The van der Waals surface area contributed by atoms with Crippen LogP contribution in [-0.4, -0.2) is 35.5 Å². The summed E-state index contributed by atoms with van der Waals surface area (Å²) < 4.78 is 0. The second-order valence-corrected chi connectivity index (χ2v) is 17.1. The maximum atomic E-state index is 13.6. The van der Waals surface area contributed by atoms with Crippen LogP contribution in [0.15, 0.2) is 23.3 Å². The van der Waals surface area contributed by atoms with Crippen molar-refractivity contribution in [3.63, 3.8) is 0 Å². The average molecular weight is 591 g/mol. The molecule has 2 fully saturated rings. The van der Waals surface area contributed by atoms with Crippen LogP contribution in [0.25, 0.3) is 0 Å². The fourth-order valence-corrected chi connectivity index (χ4v) is 9.52. The Balaban J connectivity index is 1.63. The Morgan fingerprint density at radius 3 is 2.28 bits per heavy atom. The molecular formula is C38H58N2O3. The first-order valence-corrected chi connectivity index (χ1v) is 17.1. The Morgan fingerprint density at radius 2 is 1.70 bits per heavy atom. The van der Waals surface area contributed by atoms with Gasteiger partial charge in [-0.1, -0.05) is 80.4 Å². The summed E-state index contributed by atoms with van der Waals surface area (Å²) in [4.78, 5) is 41.8. The number of hydrogen-bond donors (Lipinski definition) is 0. The van der Waals surface area contributed by atoms with Crippen molar-refractivity contribution in [3.05, 3.63) is 23.3 Å². The van der Waals surface area contributed by atoms with E-state index >= 15 is 0 Å². The van der Waals surface area contributed by atoms with Crippen LogP contribution in [0.5, 0.6) is 0 Å². The number of allylic oxidation sites excluding steroid dienone is 4. The quantitative estimate of drug-likeness (QED) is 0.241. The Hall–Kier alpha value is -2.22. The van der Waals surface area contributed by atoms with Crippen molar-refractivity contribution in [3.8, 4) is 6.07 Å². The third kappa shape index (κ3) is 6.06. The summed E-state index contributed by atoms with van der Waals surface area (Å²) in [6, 6.07) is 2.20. The molecule has 0 aromatic heterocycles. The summed E-state index contributed by atoms with van der Waals surface area (Å²) in [6.07, 6.45) is 15.3. The van der Waals surface area contributed by atoms with E-state index in [1.54, 1.807) is 0 Å². The summed E-state index contributed by atoms with van der Waals surface area (Å²) in [5.41, 5.74) is 0.0388. The van der Waals surface area contributed by atoms with Gasteiger partial charge in [-0.2, -0.15) is 5.26 Å². The van der Waals surface area contributed by atoms with Crippen molar-refractivity contribution < 1.29 is 14.4 Å². The van der Waals surface area contributed by atoms with Gasteiger partial charge in [-0.15, -0.1) is 0 Å². The van der Waals surface area contributed by atoms with Crippen LogP contribution in [0.2, 0.25) is 0 Å². The van der Waals surface area contributed by atoms with E-state index < -0.39 is 10.8 Å². The summed E-state index contributed by atoms with van der Waals surface area (Å²) in [7, 11) is 0. The van der Waals surface area contributed by atoms with E-state index in [9.17, 15) is 19.6 Å². The molecule has 3 aliphatic carbocycles. The molecule has 0 aromatic carbocycles. The van der Waals surface area contributed by atoms with Gasteiger partial charge in [0.05, 0.1) is 5.57 Å². The first-order valence-electron chi connectivity index (χ1n) is 17.1. The van der Waals surface area contributed by atoms with Gasteiger partial charge in [0.2, 0.25) is 5.91 Å². The first-order chi connectivity index (χ1) is 19.9. The van der Waals surface area contributed by atoms with Crippen LogP contribution >= 0.6 is 0 Å². The lowest BCUT2D eigenvalue weighted by atomic mass is 9.40. The number of hydrogen-bond acceptors (Lipinski definition) is 4. The highest BCUT2D eigenvalue weighted by atomic mass is 16.2. The van der Waals surface area contributed by atoms with Crippen LogP contribution in [0, 0.1) is 49.7 Å². The molecular weight excluding hydrogens is 532 g/mol. The molecule has 1 heterocycles. The van der Waals surface area contributed by atoms with E-state index in [1.807, 2.05) is 30.9 Å². The van der Waals surface area contributed by atoms with E-state index in [0.29, 0.717) is 18.7 Å². The predicted molar refractivity (Wildman–Crippen MR) is 173 cm³/mol. The number of ketones is 2. The van der Waals surface area contributed by atoms with E-state index in [-0.39, 0.29) is 44.7 Å². The van der Waals surface area contributed by atoms with Crippen molar-refractivity contribution in [2.45, 2.75) is 139 Å².